The van der Waals surface area contributed by atoms with Crippen LogP contribution in [0.15, 0.2) is 24.3 Å². The number of benzene rings is 1. The van der Waals surface area contributed by atoms with Crippen LogP contribution in [0.3, 0.4) is 0 Å². The number of ether oxygens (including phenoxy) is 2. The number of aliphatic carboxylic acids is 2. The van der Waals surface area contributed by atoms with Crippen LogP contribution in [0, 0.1) is 5.92 Å². The van der Waals surface area contributed by atoms with E-state index < -0.39 is 24.0 Å². The molecule has 2 rings (SSSR count). The zero-order valence-electron chi connectivity index (χ0n) is 9.41. The van der Waals surface area contributed by atoms with Gasteiger partial charge in [0.2, 0.25) is 0 Å². The van der Waals surface area contributed by atoms with E-state index in [2.05, 4.69) is 0 Å². The second-order valence-electron chi connectivity index (χ2n) is 3.96. The zero-order chi connectivity index (χ0) is 13.1. The molecule has 96 valence electrons. The molecule has 2 N–H and O–H groups in total. The third-order valence-electron chi connectivity index (χ3n) is 2.66. The summed E-state index contributed by atoms with van der Waals surface area (Å²) in [4.78, 5) is 21.6. The van der Waals surface area contributed by atoms with Crippen molar-refractivity contribution in [2.24, 2.45) is 5.92 Å². The van der Waals surface area contributed by atoms with Crippen molar-refractivity contribution in [3.05, 3.63) is 24.3 Å². The first-order chi connectivity index (χ1) is 8.58. The Labute approximate surface area is 103 Å². The molecule has 1 aromatic rings. The van der Waals surface area contributed by atoms with Crippen LogP contribution in [-0.2, 0) is 9.59 Å². The molecule has 18 heavy (non-hydrogen) atoms. The number of fused-ring (bicyclic) bond motifs is 1. The Balaban J connectivity index is 2.05. The van der Waals surface area contributed by atoms with Gasteiger partial charge in [0.1, 0.15) is 12.7 Å². The highest BCUT2D eigenvalue weighted by Crippen LogP contribution is 2.32. The van der Waals surface area contributed by atoms with Crippen molar-refractivity contribution in [2.75, 3.05) is 6.61 Å². The largest absolute Gasteiger partial charge is 0.486 e. The monoisotopic (exact) mass is 252 g/mol. The van der Waals surface area contributed by atoms with E-state index in [-0.39, 0.29) is 13.0 Å². The van der Waals surface area contributed by atoms with Gasteiger partial charge in [-0.2, -0.15) is 0 Å². The average molecular weight is 252 g/mol. The maximum atomic E-state index is 10.8. The number of carboxylic acids is 2. The molecule has 6 heteroatoms. The Kier molecular flexibility index (Phi) is 3.36. The normalized spacial score (nSPS) is 17.5. The van der Waals surface area contributed by atoms with Gasteiger partial charge in [0.25, 0.3) is 0 Å². The van der Waals surface area contributed by atoms with Crippen LogP contribution in [-0.4, -0.2) is 34.9 Å². The number of carbonyl (C=O) groups is 2. The van der Waals surface area contributed by atoms with Crippen LogP contribution in [0.25, 0.3) is 0 Å². The van der Waals surface area contributed by atoms with Crippen LogP contribution < -0.4 is 9.47 Å². The van der Waals surface area contributed by atoms with Crippen LogP contribution in [0.5, 0.6) is 11.5 Å². The Morgan fingerprint density at radius 3 is 2.44 bits per heavy atom. The van der Waals surface area contributed by atoms with Gasteiger partial charge >= 0.3 is 11.9 Å². The molecule has 1 aromatic carbocycles. The minimum atomic E-state index is -1.48. The van der Waals surface area contributed by atoms with Gasteiger partial charge in [0, 0.05) is 6.42 Å². The predicted octanol–water partition coefficient (Wildman–Crippen LogP) is 1.00. The molecule has 0 aromatic heterocycles. The van der Waals surface area contributed by atoms with E-state index in [1.165, 1.54) is 0 Å². The second-order valence-corrected chi connectivity index (χ2v) is 3.96. The molecular formula is C12H12O6. The first-order valence-electron chi connectivity index (χ1n) is 5.42. The van der Waals surface area contributed by atoms with Crippen LogP contribution in [0.1, 0.15) is 6.42 Å². The lowest BCUT2D eigenvalue weighted by atomic mass is 10.0. The molecule has 1 aliphatic rings. The summed E-state index contributed by atoms with van der Waals surface area (Å²) in [5.41, 5.74) is 0. The maximum absolute atomic E-state index is 10.8. The molecule has 0 saturated carbocycles. The Morgan fingerprint density at radius 1 is 1.22 bits per heavy atom. The van der Waals surface area contributed by atoms with Gasteiger partial charge in [-0.15, -0.1) is 0 Å². The van der Waals surface area contributed by atoms with Crippen molar-refractivity contribution < 1.29 is 29.3 Å². The lowest BCUT2D eigenvalue weighted by molar-refractivity contribution is -0.156. The molecular weight excluding hydrogens is 240 g/mol. The summed E-state index contributed by atoms with van der Waals surface area (Å²) >= 11 is 0. The highest BCUT2D eigenvalue weighted by Gasteiger charge is 2.32. The first-order valence-corrected chi connectivity index (χ1v) is 5.42. The minimum Gasteiger partial charge on any atom is -0.486 e. The number of hydrogen-bond donors (Lipinski definition) is 2. The predicted molar refractivity (Wildman–Crippen MR) is 59.7 cm³/mol. The van der Waals surface area contributed by atoms with Crippen LogP contribution >= 0.6 is 0 Å². The van der Waals surface area contributed by atoms with Gasteiger partial charge in [0.15, 0.2) is 17.4 Å². The minimum absolute atomic E-state index is 0.126. The lowest BCUT2D eigenvalue weighted by Crippen LogP contribution is -2.35. The number of rotatable bonds is 4. The smallest absolute Gasteiger partial charge is 0.318 e. The Bertz CT molecular complexity index is 455. The third-order valence-corrected chi connectivity index (χ3v) is 2.66. The summed E-state index contributed by atoms with van der Waals surface area (Å²) in [6, 6.07) is 6.98. The summed E-state index contributed by atoms with van der Waals surface area (Å²) in [5.74, 6) is -3.14. The molecule has 0 radical (unpaired) electrons. The van der Waals surface area contributed by atoms with E-state index in [1.807, 2.05) is 0 Å². The molecule has 1 heterocycles. The van der Waals surface area contributed by atoms with E-state index >= 15 is 0 Å². The fourth-order valence-corrected chi connectivity index (χ4v) is 1.75. The fourth-order valence-electron chi connectivity index (χ4n) is 1.75. The number of para-hydroxylation sites is 2. The zero-order valence-corrected chi connectivity index (χ0v) is 9.41. The topological polar surface area (TPSA) is 93.1 Å². The van der Waals surface area contributed by atoms with E-state index in [1.54, 1.807) is 24.3 Å². The molecule has 1 atom stereocenters. The molecule has 0 fully saturated rings. The van der Waals surface area contributed by atoms with E-state index in [4.69, 9.17) is 19.7 Å². The summed E-state index contributed by atoms with van der Waals surface area (Å²) in [7, 11) is 0. The van der Waals surface area contributed by atoms with Crippen molar-refractivity contribution in [1.82, 2.24) is 0 Å². The molecule has 0 bridgehead atoms. The van der Waals surface area contributed by atoms with Crippen molar-refractivity contribution >= 4 is 11.9 Å². The van der Waals surface area contributed by atoms with Gasteiger partial charge in [-0.25, -0.2) is 0 Å². The molecule has 6 nitrogen and oxygen atoms in total. The second kappa shape index (κ2) is 4.95. The summed E-state index contributed by atoms with van der Waals surface area (Å²) in [6.45, 7) is 0.147. The van der Waals surface area contributed by atoms with Gasteiger partial charge in [-0.3, -0.25) is 9.59 Å². The number of carboxylic acid groups (broad SMARTS) is 2. The Morgan fingerprint density at radius 2 is 1.83 bits per heavy atom. The Hall–Kier alpha value is -2.24. The standard InChI is InChI=1S/C12H12O6/c13-11(14)8(12(15)16)5-7-6-17-9-3-1-2-4-10(9)18-7/h1-4,7-8H,5-6H2,(H,13,14)(H,15,16)/t7-/m1/s1. The number of hydrogen-bond acceptors (Lipinski definition) is 4. The van der Waals surface area contributed by atoms with Crippen LogP contribution in [0.4, 0.5) is 0 Å². The maximum Gasteiger partial charge on any atom is 0.318 e. The summed E-state index contributed by atoms with van der Waals surface area (Å²) < 4.78 is 10.9. The summed E-state index contributed by atoms with van der Waals surface area (Å²) in [5, 5.41) is 17.6. The molecule has 0 amide bonds. The SMILES string of the molecule is O=C(O)C(C[C@@H]1COc2ccccc2O1)C(=O)O. The molecule has 0 aliphatic carbocycles. The molecule has 0 unspecified atom stereocenters. The molecule has 1 aliphatic heterocycles. The van der Waals surface area contributed by atoms with Crippen molar-refractivity contribution in [1.29, 1.82) is 0 Å². The highest BCUT2D eigenvalue weighted by molar-refractivity contribution is 5.92. The van der Waals surface area contributed by atoms with E-state index in [9.17, 15) is 9.59 Å². The van der Waals surface area contributed by atoms with Crippen molar-refractivity contribution in [2.45, 2.75) is 12.5 Å². The van der Waals surface area contributed by atoms with Gasteiger partial charge < -0.3 is 19.7 Å². The third kappa shape index (κ3) is 2.53. The average Bonchev–Trinajstić information content (AvgIpc) is 2.35. The lowest BCUT2D eigenvalue weighted by Gasteiger charge is -2.27. The van der Waals surface area contributed by atoms with E-state index in [0.29, 0.717) is 11.5 Å². The van der Waals surface area contributed by atoms with Gasteiger partial charge in [0.05, 0.1) is 0 Å². The van der Waals surface area contributed by atoms with Crippen LogP contribution in [0.2, 0.25) is 0 Å². The summed E-state index contributed by atoms with van der Waals surface area (Å²) in [6.07, 6.45) is -0.698. The molecule has 0 saturated heterocycles. The van der Waals surface area contributed by atoms with Crippen molar-refractivity contribution in [3.63, 3.8) is 0 Å². The van der Waals surface area contributed by atoms with Crippen molar-refractivity contribution in [3.8, 4) is 11.5 Å². The van der Waals surface area contributed by atoms with E-state index in [0.717, 1.165) is 0 Å². The molecule has 0 spiro atoms. The highest BCUT2D eigenvalue weighted by atomic mass is 16.6. The quantitative estimate of drug-likeness (QED) is 0.776. The first kappa shape index (κ1) is 12.2. The fraction of sp³-hybridized carbons (Fsp3) is 0.333. The van der Waals surface area contributed by atoms with Gasteiger partial charge in [-0.05, 0) is 12.1 Å². The van der Waals surface area contributed by atoms with Gasteiger partial charge in [-0.1, -0.05) is 12.1 Å².